The minimum absolute atomic E-state index is 0.289. The summed E-state index contributed by atoms with van der Waals surface area (Å²) in [5, 5.41) is 3.80. The number of carbonyl (C=O) groups excluding carboxylic acids is 3. The Morgan fingerprint density at radius 2 is 1.70 bits per heavy atom. The van der Waals surface area contributed by atoms with E-state index in [0.29, 0.717) is 24.5 Å². The number of hydrazine groups is 1. The molecule has 2 aromatic rings. The molecule has 3 amide bonds. The minimum Gasteiger partial charge on any atom is -0.497 e. The van der Waals surface area contributed by atoms with Crippen molar-refractivity contribution in [3.05, 3.63) is 54.1 Å². The summed E-state index contributed by atoms with van der Waals surface area (Å²) in [6, 6.07) is 14.8. The molecule has 0 bridgehead atoms. The fraction of sp³-hybridized carbons (Fsp3) is 0.286. The van der Waals surface area contributed by atoms with Gasteiger partial charge < -0.3 is 15.0 Å². The van der Waals surface area contributed by atoms with E-state index in [1.807, 2.05) is 36.1 Å². The predicted octanol–water partition coefficient (Wildman–Crippen LogP) is 0.921. The van der Waals surface area contributed by atoms with Gasteiger partial charge in [-0.15, -0.1) is 0 Å². The number of hydrogen-bond acceptors (Lipinski definition) is 6. The molecule has 4 rings (SSSR count). The number of carbonyl (C=O) groups is 3. The molecule has 2 N–H and O–H groups in total. The maximum Gasteiger partial charge on any atom is 0.326 e. The molecular weight excluding hydrogens is 386 g/mol. The first kappa shape index (κ1) is 19.7. The van der Waals surface area contributed by atoms with Crippen LogP contribution in [0, 0.1) is 6.92 Å². The molecule has 0 aliphatic carbocycles. The van der Waals surface area contributed by atoms with Crippen LogP contribution in [0.2, 0.25) is 0 Å². The summed E-state index contributed by atoms with van der Waals surface area (Å²) in [5.74, 6) is -1.11. The number of amides is 3. The molecule has 1 unspecified atom stereocenters. The van der Waals surface area contributed by atoms with Crippen molar-refractivity contribution >= 4 is 29.1 Å². The number of aryl methyl sites for hydroxylation is 1. The number of anilines is 2. The number of ether oxygens (including phenoxy) is 1. The molecule has 2 aliphatic rings. The molecule has 9 nitrogen and oxygen atoms in total. The van der Waals surface area contributed by atoms with Gasteiger partial charge in [0.2, 0.25) is 5.91 Å². The van der Waals surface area contributed by atoms with Gasteiger partial charge in [-0.05, 0) is 43.3 Å². The molecule has 30 heavy (non-hydrogen) atoms. The highest BCUT2D eigenvalue weighted by atomic mass is 16.5. The van der Waals surface area contributed by atoms with Crippen LogP contribution in [0.3, 0.4) is 0 Å². The van der Waals surface area contributed by atoms with Crippen molar-refractivity contribution in [1.82, 2.24) is 15.3 Å². The fourth-order valence-electron chi connectivity index (χ4n) is 3.56. The summed E-state index contributed by atoms with van der Waals surface area (Å²) >= 11 is 0. The molecule has 2 fully saturated rings. The van der Waals surface area contributed by atoms with Gasteiger partial charge in [-0.25, -0.2) is 0 Å². The summed E-state index contributed by atoms with van der Waals surface area (Å²) in [5.41, 5.74) is 5.67. The van der Waals surface area contributed by atoms with Crippen LogP contribution in [0.5, 0.6) is 5.75 Å². The first-order valence-electron chi connectivity index (χ1n) is 9.62. The number of hydrogen-bond donors (Lipinski definition) is 2. The Kier molecular flexibility index (Phi) is 5.28. The van der Waals surface area contributed by atoms with Crippen molar-refractivity contribution < 1.29 is 19.1 Å². The smallest absolute Gasteiger partial charge is 0.326 e. The van der Waals surface area contributed by atoms with E-state index < -0.39 is 24.0 Å². The lowest BCUT2D eigenvalue weighted by molar-refractivity contribution is -0.163. The van der Waals surface area contributed by atoms with E-state index in [4.69, 9.17) is 4.74 Å². The standard InChI is InChI=1S/C21H23N5O4/c1-14-3-7-16(8-4-14)24-11-12-25-19(28)20(29)26(23-21(24)25)13-18(27)22-15-5-9-17(30-2)10-6-15/h3-10,21,23H,11-13H2,1-2H3,(H,22,27). The quantitative estimate of drug-likeness (QED) is 0.714. The first-order chi connectivity index (χ1) is 14.5. The first-order valence-corrected chi connectivity index (χ1v) is 9.62. The van der Waals surface area contributed by atoms with Crippen LogP contribution in [0.15, 0.2) is 48.5 Å². The molecule has 2 saturated heterocycles. The lowest BCUT2D eigenvalue weighted by atomic mass is 10.2. The molecule has 0 spiro atoms. The molecule has 0 radical (unpaired) electrons. The largest absolute Gasteiger partial charge is 0.497 e. The van der Waals surface area contributed by atoms with Crippen LogP contribution in [0.1, 0.15) is 5.56 Å². The molecule has 0 saturated carbocycles. The van der Waals surface area contributed by atoms with Gasteiger partial charge in [0.1, 0.15) is 12.3 Å². The van der Waals surface area contributed by atoms with Crippen LogP contribution >= 0.6 is 0 Å². The highest BCUT2D eigenvalue weighted by Crippen LogP contribution is 2.25. The zero-order valence-corrected chi connectivity index (χ0v) is 16.8. The Hall–Kier alpha value is -3.59. The summed E-state index contributed by atoms with van der Waals surface area (Å²) in [4.78, 5) is 41.0. The van der Waals surface area contributed by atoms with Crippen molar-refractivity contribution in [2.24, 2.45) is 0 Å². The van der Waals surface area contributed by atoms with Gasteiger partial charge in [-0.2, -0.15) is 5.43 Å². The van der Waals surface area contributed by atoms with Gasteiger partial charge in [-0.3, -0.25) is 24.3 Å². The van der Waals surface area contributed by atoms with Crippen molar-refractivity contribution in [2.75, 3.05) is 37.0 Å². The lowest BCUT2D eigenvalue weighted by Gasteiger charge is -2.40. The highest BCUT2D eigenvalue weighted by molar-refractivity contribution is 6.35. The Morgan fingerprint density at radius 3 is 2.37 bits per heavy atom. The van der Waals surface area contributed by atoms with Crippen LogP contribution in [0.25, 0.3) is 0 Å². The van der Waals surface area contributed by atoms with E-state index in [2.05, 4.69) is 10.7 Å². The Labute approximate surface area is 174 Å². The van der Waals surface area contributed by atoms with E-state index in [1.165, 1.54) is 4.90 Å². The third-order valence-electron chi connectivity index (χ3n) is 5.17. The average Bonchev–Trinajstić information content (AvgIpc) is 3.17. The van der Waals surface area contributed by atoms with E-state index in [-0.39, 0.29) is 6.54 Å². The van der Waals surface area contributed by atoms with Crippen molar-refractivity contribution in [1.29, 1.82) is 0 Å². The maximum atomic E-state index is 12.6. The second kappa shape index (κ2) is 8.03. The second-order valence-corrected chi connectivity index (χ2v) is 7.20. The zero-order chi connectivity index (χ0) is 21.3. The van der Waals surface area contributed by atoms with Gasteiger partial charge in [0.15, 0.2) is 6.29 Å². The highest BCUT2D eigenvalue weighted by Gasteiger charge is 2.45. The lowest BCUT2D eigenvalue weighted by Crippen LogP contribution is -2.68. The SMILES string of the molecule is COc1ccc(NC(=O)CN2NC3N(CCN3c3ccc(C)cc3)C(=O)C2=O)cc1. The van der Waals surface area contributed by atoms with Crippen molar-refractivity contribution in [2.45, 2.75) is 13.2 Å². The Morgan fingerprint density at radius 1 is 1.03 bits per heavy atom. The number of rotatable bonds is 5. The number of nitrogens with one attached hydrogen (secondary N) is 2. The third kappa shape index (κ3) is 3.79. The van der Waals surface area contributed by atoms with Crippen molar-refractivity contribution in [3.63, 3.8) is 0 Å². The Bertz CT molecular complexity index is 960. The molecular formula is C21H23N5O4. The van der Waals surface area contributed by atoms with E-state index in [0.717, 1.165) is 16.3 Å². The van der Waals surface area contributed by atoms with E-state index in [1.54, 1.807) is 31.4 Å². The summed E-state index contributed by atoms with van der Waals surface area (Å²) < 4.78 is 5.09. The number of methoxy groups -OCH3 is 1. The summed E-state index contributed by atoms with van der Waals surface area (Å²) in [7, 11) is 1.56. The van der Waals surface area contributed by atoms with Crippen LogP contribution < -0.4 is 20.4 Å². The minimum atomic E-state index is -0.748. The van der Waals surface area contributed by atoms with E-state index in [9.17, 15) is 14.4 Å². The van der Waals surface area contributed by atoms with Crippen molar-refractivity contribution in [3.8, 4) is 5.75 Å². The molecule has 156 valence electrons. The third-order valence-corrected chi connectivity index (χ3v) is 5.17. The zero-order valence-electron chi connectivity index (χ0n) is 16.8. The van der Waals surface area contributed by atoms with Gasteiger partial charge in [0.05, 0.1) is 7.11 Å². The molecule has 9 heteroatoms. The van der Waals surface area contributed by atoms with E-state index >= 15 is 0 Å². The van der Waals surface area contributed by atoms with Gasteiger partial charge >= 0.3 is 11.8 Å². The average molecular weight is 409 g/mol. The normalized spacial score (nSPS) is 18.5. The molecule has 2 heterocycles. The predicted molar refractivity (Wildman–Crippen MR) is 110 cm³/mol. The monoisotopic (exact) mass is 409 g/mol. The molecule has 2 aliphatic heterocycles. The summed E-state index contributed by atoms with van der Waals surface area (Å²) in [6.45, 7) is 2.74. The maximum absolute atomic E-state index is 12.6. The van der Waals surface area contributed by atoms with Crippen LogP contribution in [-0.4, -0.2) is 60.7 Å². The topological polar surface area (TPSA) is 94.2 Å². The fourth-order valence-corrected chi connectivity index (χ4v) is 3.56. The van der Waals surface area contributed by atoms with Gasteiger partial charge in [-0.1, -0.05) is 17.7 Å². The molecule has 2 aromatic carbocycles. The van der Waals surface area contributed by atoms with Crippen LogP contribution in [-0.2, 0) is 14.4 Å². The van der Waals surface area contributed by atoms with Gasteiger partial charge in [0.25, 0.3) is 0 Å². The summed E-state index contributed by atoms with van der Waals surface area (Å²) in [6.07, 6.45) is -0.522. The number of benzene rings is 2. The second-order valence-electron chi connectivity index (χ2n) is 7.20. The Balaban J connectivity index is 1.45. The molecule has 0 aromatic heterocycles. The van der Waals surface area contributed by atoms with Gasteiger partial charge in [0, 0.05) is 24.5 Å². The number of fused-ring (bicyclic) bond motifs is 1. The molecule has 1 atom stereocenters. The number of nitrogens with zero attached hydrogens (tertiary/aromatic N) is 3. The van der Waals surface area contributed by atoms with Crippen LogP contribution in [0.4, 0.5) is 11.4 Å².